The van der Waals surface area contributed by atoms with Gasteiger partial charge in [-0.05, 0) is 39.9 Å². The maximum Gasteiger partial charge on any atom is 0.330 e. The number of nitrogens with one attached hydrogen (secondary N) is 1. The molecule has 0 saturated carbocycles. The summed E-state index contributed by atoms with van der Waals surface area (Å²) in [6.07, 6.45) is 3.94. The number of H-pyrrole nitrogens is 1. The molecule has 1 aromatic heterocycles. The molecule has 2 atom stereocenters. The van der Waals surface area contributed by atoms with E-state index in [-0.39, 0.29) is 17.9 Å². The average molecular weight is 486 g/mol. The van der Waals surface area contributed by atoms with Gasteiger partial charge in [-0.25, -0.2) is 4.79 Å². The number of aromatic nitrogens is 2. The van der Waals surface area contributed by atoms with E-state index in [9.17, 15) is 9.59 Å². The predicted octanol–water partition coefficient (Wildman–Crippen LogP) is 1.45. The molecule has 0 spiro atoms. The number of nitrogens with zero attached hydrogens (tertiary/aromatic N) is 1. The van der Waals surface area contributed by atoms with Gasteiger partial charge in [-0.3, -0.25) is 14.3 Å². The van der Waals surface area contributed by atoms with Gasteiger partial charge < -0.3 is 19.1 Å². The van der Waals surface area contributed by atoms with Gasteiger partial charge in [0, 0.05) is 18.9 Å². The Hall–Kier alpha value is -0.335. The molecule has 1 aliphatic heterocycles. The highest BCUT2D eigenvalue weighted by Gasteiger charge is 2.30. The Morgan fingerprint density at radius 1 is 1.48 bits per heavy atom. The van der Waals surface area contributed by atoms with Gasteiger partial charge in [-0.2, -0.15) is 0 Å². The number of hydrogen-bond acceptors (Lipinski definition) is 7. The first kappa shape index (κ1) is 22.7. The first-order valence-corrected chi connectivity index (χ1v) is 9.82. The Labute approximate surface area is 164 Å². The van der Waals surface area contributed by atoms with E-state index in [0.29, 0.717) is 9.41 Å². The van der Waals surface area contributed by atoms with Crippen molar-refractivity contribution in [2.24, 2.45) is 0 Å². The molecule has 1 aliphatic rings. The molecule has 0 aromatic carbocycles. The van der Waals surface area contributed by atoms with Crippen molar-refractivity contribution in [1.29, 1.82) is 0 Å². The average Bonchev–Trinajstić information content (AvgIpc) is 2.89. The number of hydrogen-bond donors (Lipinski definition) is 3. The number of rotatable bonds is 5. The van der Waals surface area contributed by atoms with Gasteiger partial charge in [0.05, 0.1) is 6.10 Å². The molecule has 25 heavy (non-hydrogen) atoms. The fraction of sp³-hybridized carbons (Fsp3) is 0.714. The highest BCUT2D eigenvalue weighted by molar-refractivity contribution is 14.1. The van der Waals surface area contributed by atoms with Crippen molar-refractivity contribution < 1.29 is 19.1 Å². The van der Waals surface area contributed by atoms with Crippen LogP contribution in [0.4, 0.5) is 0 Å². The number of aryl methyl sites for hydroxylation is 1. The van der Waals surface area contributed by atoms with Crippen LogP contribution < -0.4 is 11.2 Å². The van der Waals surface area contributed by atoms with Crippen molar-refractivity contribution in [1.82, 2.24) is 9.55 Å². The molecular weight excluding hydrogens is 462 g/mol. The first-order valence-electron chi connectivity index (χ1n) is 7.77. The largest absolute Gasteiger partial charge is 0.366 e. The van der Waals surface area contributed by atoms with Crippen molar-refractivity contribution in [3.8, 4) is 0 Å². The lowest BCUT2D eigenvalue weighted by Gasteiger charge is -2.16. The first-order chi connectivity index (χ1) is 11.5. The molecule has 0 amide bonds. The topological polar surface area (TPSA) is 114 Å². The maximum atomic E-state index is 11.8. The molecule has 8 nitrogen and oxygen atoms in total. The van der Waals surface area contributed by atoms with Crippen molar-refractivity contribution in [2.75, 3.05) is 7.11 Å². The highest BCUT2D eigenvalue weighted by atomic mass is 127. The molecule has 1 saturated heterocycles. The van der Waals surface area contributed by atoms with E-state index in [1.807, 2.05) is 0 Å². The molecule has 2 rings (SSSR count). The zero-order valence-electron chi connectivity index (χ0n) is 14.7. The van der Waals surface area contributed by atoms with Crippen molar-refractivity contribution in [2.45, 2.75) is 58.1 Å². The zero-order chi connectivity index (χ0) is 19.2. The van der Waals surface area contributed by atoms with Crippen LogP contribution in [0.3, 0.4) is 0 Å². The number of halogens is 1. The van der Waals surface area contributed by atoms with Crippen LogP contribution in [0.1, 0.15) is 38.5 Å². The van der Waals surface area contributed by atoms with E-state index in [1.54, 1.807) is 20.2 Å². The molecule has 3 N–H and O–H groups in total. The van der Waals surface area contributed by atoms with Crippen molar-refractivity contribution in [3.05, 3.63) is 32.6 Å². The molecule has 0 bridgehead atoms. The minimum absolute atomic E-state index is 0.115. The van der Waals surface area contributed by atoms with Crippen LogP contribution in [-0.4, -0.2) is 42.6 Å². The summed E-state index contributed by atoms with van der Waals surface area (Å²) < 4.78 is 12.7. The fourth-order valence-corrected chi connectivity index (χ4v) is 3.91. The molecule has 0 aliphatic carbocycles. The summed E-state index contributed by atoms with van der Waals surface area (Å²) in [7, 11) is 1.65. The van der Waals surface area contributed by atoms with E-state index in [0.717, 1.165) is 19.2 Å². The van der Waals surface area contributed by atoms with Crippen LogP contribution in [0.25, 0.3) is 0 Å². The SMILES string of the molecule is CC(C)(O)O.COSB(I)CC1CCC(n2cc(C)c(=O)[nH]c2=O)O1. The molecule has 142 valence electrons. The van der Waals surface area contributed by atoms with E-state index in [2.05, 4.69) is 27.4 Å². The molecule has 1 fully saturated rings. The Kier molecular flexibility index (Phi) is 9.19. The molecule has 2 unspecified atom stereocenters. The van der Waals surface area contributed by atoms with Crippen molar-refractivity contribution >= 4 is 38.1 Å². The third-order valence-corrected chi connectivity index (χ3v) is 4.92. The van der Waals surface area contributed by atoms with Gasteiger partial charge in [-0.15, -0.1) is 22.4 Å². The Morgan fingerprint density at radius 2 is 2.08 bits per heavy atom. The molecule has 0 radical (unpaired) electrons. The van der Waals surface area contributed by atoms with Gasteiger partial charge in [0.2, 0.25) is 0 Å². The summed E-state index contributed by atoms with van der Waals surface area (Å²) >= 11 is 3.72. The van der Waals surface area contributed by atoms with Crippen LogP contribution in [0, 0.1) is 6.92 Å². The Bertz CT molecular complexity index is 656. The van der Waals surface area contributed by atoms with Crippen LogP contribution in [-0.2, 0) is 8.92 Å². The second-order valence-electron chi connectivity index (χ2n) is 6.17. The van der Waals surface area contributed by atoms with Gasteiger partial charge in [-0.1, -0.05) is 11.9 Å². The Balaban J connectivity index is 0.000000550. The second kappa shape index (κ2) is 10.1. The quantitative estimate of drug-likeness (QED) is 0.250. The van der Waals surface area contributed by atoms with E-state index >= 15 is 0 Å². The third-order valence-electron chi connectivity index (χ3n) is 3.19. The fourth-order valence-electron chi connectivity index (χ4n) is 2.22. The summed E-state index contributed by atoms with van der Waals surface area (Å²) in [5, 5.41) is 16.2. The minimum atomic E-state index is -1.50. The van der Waals surface area contributed by atoms with Gasteiger partial charge in [0.1, 0.15) is 6.23 Å². The molecule has 2 heterocycles. The third kappa shape index (κ3) is 8.73. The van der Waals surface area contributed by atoms with Crippen LogP contribution in [0.5, 0.6) is 0 Å². The summed E-state index contributed by atoms with van der Waals surface area (Å²) in [6, 6.07) is 0. The summed E-state index contributed by atoms with van der Waals surface area (Å²) in [5.41, 5.74) is -0.244. The van der Waals surface area contributed by atoms with Gasteiger partial charge >= 0.3 is 9.54 Å². The lowest BCUT2D eigenvalue weighted by atomic mass is 9.96. The van der Waals surface area contributed by atoms with Crippen LogP contribution in [0.15, 0.2) is 15.8 Å². The second-order valence-corrected chi connectivity index (χ2v) is 9.62. The monoisotopic (exact) mass is 486 g/mol. The summed E-state index contributed by atoms with van der Waals surface area (Å²) in [4.78, 5) is 25.5. The smallest absolute Gasteiger partial charge is 0.330 e. The molecular formula is C14H24BIN2O6S. The normalized spacial score (nSPS) is 20.1. The van der Waals surface area contributed by atoms with Gasteiger partial charge in [0.15, 0.2) is 5.79 Å². The van der Waals surface area contributed by atoms with Crippen LogP contribution in [0.2, 0.25) is 6.32 Å². The zero-order valence-corrected chi connectivity index (χ0v) is 17.7. The van der Waals surface area contributed by atoms with Crippen molar-refractivity contribution in [3.63, 3.8) is 0 Å². The van der Waals surface area contributed by atoms with E-state index in [4.69, 9.17) is 19.1 Å². The summed E-state index contributed by atoms with van der Waals surface area (Å²) in [5.74, 6) is -1.50. The van der Waals surface area contributed by atoms with Gasteiger partial charge in [0.25, 0.3) is 5.56 Å². The van der Waals surface area contributed by atoms with E-state index in [1.165, 1.54) is 30.3 Å². The maximum absolute atomic E-state index is 11.8. The Morgan fingerprint density at radius 3 is 2.64 bits per heavy atom. The number of aliphatic hydroxyl groups is 2. The van der Waals surface area contributed by atoms with Crippen LogP contribution >= 0.6 is 34.3 Å². The number of ether oxygens (including phenoxy) is 1. The summed E-state index contributed by atoms with van der Waals surface area (Å²) in [6.45, 7) is 4.28. The van der Waals surface area contributed by atoms with E-state index < -0.39 is 11.5 Å². The highest BCUT2D eigenvalue weighted by Crippen LogP contribution is 2.32. The lowest BCUT2D eigenvalue weighted by molar-refractivity contribution is -0.127. The minimum Gasteiger partial charge on any atom is -0.366 e. The lowest BCUT2D eigenvalue weighted by Crippen LogP contribution is -2.33. The molecule has 1 aromatic rings. The standard InChI is InChI=1S/C11H16BIN2O4S.C3H8O2/c1-7-6-15(11(17)14-10(7)16)9-4-3-8(19-9)5-12(13)20-18-2;1-3(2,4)5/h6,8-9H,3-5H2,1-2H3,(H,14,16,17);4-5H,1-2H3. The molecule has 11 heteroatoms. The number of aromatic amines is 1. The predicted molar refractivity (Wildman–Crippen MR) is 107 cm³/mol.